The van der Waals surface area contributed by atoms with Gasteiger partial charge in [0, 0.05) is 13.1 Å². The van der Waals surface area contributed by atoms with E-state index in [4.69, 9.17) is 9.84 Å². The molecule has 5 heteroatoms. The Balaban J connectivity index is 2.24. The second-order valence-corrected chi connectivity index (χ2v) is 4.10. The average Bonchev–Trinajstić information content (AvgIpc) is 2.77. The van der Waals surface area contributed by atoms with Crippen LogP contribution in [0.15, 0.2) is 18.2 Å². The van der Waals surface area contributed by atoms with Gasteiger partial charge in [0.15, 0.2) is 11.5 Å². The van der Waals surface area contributed by atoms with Crippen molar-refractivity contribution in [1.29, 1.82) is 0 Å². The monoisotopic (exact) mass is 237 g/mol. The van der Waals surface area contributed by atoms with E-state index in [1.165, 1.54) is 7.11 Å². The number of aliphatic carboxylic acids is 1. The molecule has 0 aromatic heterocycles. The summed E-state index contributed by atoms with van der Waals surface area (Å²) in [6, 6.07) is 5.09. The second kappa shape index (κ2) is 4.53. The number of phenolic OH excluding ortho intramolecular Hbond substituents is 1. The molecular weight excluding hydrogens is 222 g/mol. The van der Waals surface area contributed by atoms with Crippen molar-refractivity contribution >= 4 is 11.7 Å². The summed E-state index contributed by atoms with van der Waals surface area (Å²) in [5.74, 6) is -0.643. The second-order valence-electron chi connectivity index (χ2n) is 4.10. The van der Waals surface area contributed by atoms with Gasteiger partial charge >= 0.3 is 5.97 Å². The third-order valence-corrected chi connectivity index (χ3v) is 3.06. The Morgan fingerprint density at radius 3 is 2.88 bits per heavy atom. The van der Waals surface area contributed by atoms with Gasteiger partial charge in [-0.1, -0.05) is 6.07 Å². The summed E-state index contributed by atoms with van der Waals surface area (Å²) in [6.07, 6.45) is 0.619. The molecule has 2 N–H and O–H groups in total. The predicted molar refractivity (Wildman–Crippen MR) is 62.6 cm³/mol. The highest BCUT2D eigenvalue weighted by Gasteiger charge is 2.29. The van der Waals surface area contributed by atoms with E-state index in [0.29, 0.717) is 25.3 Å². The third-order valence-electron chi connectivity index (χ3n) is 3.06. The van der Waals surface area contributed by atoms with E-state index >= 15 is 0 Å². The molecular formula is C12H15NO4. The topological polar surface area (TPSA) is 70.0 Å². The zero-order chi connectivity index (χ0) is 12.4. The van der Waals surface area contributed by atoms with Crippen LogP contribution in [0.4, 0.5) is 5.69 Å². The van der Waals surface area contributed by atoms with Gasteiger partial charge in [-0.15, -0.1) is 0 Å². The summed E-state index contributed by atoms with van der Waals surface area (Å²) in [4.78, 5) is 12.8. The number of nitrogens with zero attached hydrogens (tertiary/aromatic N) is 1. The smallest absolute Gasteiger partial charge is 0.308 e. The number of anilines is 1. The minimum Gasteiger partial charge on any atom is -0.504 e. The van der Waals surface area contributed by atoms with Crippen LogP contribution in [-0.2, 0) is 4.79 Å². The molecule has 1 aliphatic heterocycles. The van der Waals surface area contributed by atoms with E-state index in [2.05, 4.69) is 0 Å². The normalized spacial score (nSPS) is 19.4. The molecule has 1 saturated heterocycles. The van der Waals surface area contributed by atoms with Gasteiger partial charge in [-0.05, 0) is 18.6 Å². The van der Waals surface area contributed by atoms with Gasteiger partial charge in [0.2, 0.25) is 0 Å². The van der Waals surface area contributed by atoms with Crippen LogP contribution in [0, 0.1) is 5.92 Å². The van der Waals surface area contributed by atoms with E-state index in [0.717, 1.165) is 5.69 Å². The zero-order valence-corrected chi connectivity index (χ0v) is 9.59. The van der Waals surface area contributed by atoms with Crippen LogP contribution >= 0.6 is 0 Å². The largest absolute Gasteiger partial charge is 0.504 e. The number of carbonyl (C=O) groups is 1. The predicted octanol–water partition coefficient (Wildman–Crippen LogP) is 1.31. The number of rotatable bonds is 3. The Morgan fingerprint density at radius 2 is 2.29 bits per heavy atom. The van der Waals surface area contributed by atoms with Crippen LogP contribution < -0.4 is 9.64 Å². The molecule has 0 saturated carbocycles. The van der Waals surface area contributed by atoms with Crippen molar-refractivity contribution < 1.29 is 19.7 Å². The fourth-order valence-corrected chi connectivity index (χ4v) is 2.15. The molecule has 1 aromatic carbocycles. The highest BCUT2D eigenvalue weighted by atomic mass is 16.5. The van der Waals surface area contributed by atoms with E-state index in [1.54, 1.807) is 12.1 Å². The van der Waals surface area contributed by atoms with Crippen molar-refractivity contribution in [3.8, 4) is 11.5 Å². The summed E-state index contributed by atoms with van der Waals surface area (Å²) in [7, 11) is 1.49. The molecule has 1 heterocycles. The molecule has 2 rings (SSSR count). The fourth-order valence-electron chi connectivity index (χ4n) is 2.15. The van der Waals surface area contributed by atoms with Gasteiger partial charge < -0.3 is 19.8 Å². The lowest BCUT2D eigenvalue weighted by molar-refractivity contribution is -0.140. The highest BCUT2D eigenvalue weighted by molar-refractivity contribution is 5.73. The first-order chi connectivity index (χ1) is 8.13. The molecule has 17 heavy (non-hydrogen) atoms. The van der Waals surface area contributed by atoms with Crippen LogP contribution in [0.2, 0.25) is 0 Å². The van der Waals surface area contributed by atoms with E-state index in [9.17, 15) is 9.90 Å². The molecule has 1 aromatic rings. The standard InChI is InChI=1S/C12H15NO4/c1-17-11-9(3-2-4-10(11)14)13-6-5-8(7-13)12(15)16/h2-4,8,14H,5-7H2,1H3,(H,15,16). The van der Waals surface area contributed by atoms with Crippen molar-refractivity contribution in [3.63, 3.8) is 0 Å². The minimum absolute atomic E-state index is 0.0729. The molecule has 0 bridgehead atoms. The maximum absolute atomic E-state index is 10.9. The number of methoxy groups -OCH3 is 1. The summed E-state index contributed by atoms with van der Waals surface area (Å²) >= 11 is 0. The molecule has 5 nitrogen and oxygen atoms in total. The van der Waals surface area contributed by atoms with Crippen molar-refractivity contribution in [3.05, 3.63) is 18.2 Å². The number of ether oxygens (including phenoxy) is 1. The van der Waals surface area contributed by atoms with Gasteiger partial charge in [0.1, 0.15) is 0 Å². The van der Waals surface area contributed by atoms with Gasteiger partial charge in [0.25, 0.3) is 0 Å². The number of benzene rings is 1. The van der Waals surface area contributed by atoms with Gasteiger partial charge in [-0.3, -0.25) is 4.79 Å². The molecule has 0 spiro atoms. The molecule has 1 fully saturated rings. The third kappa shape index (κ3) is 2.13. The van der Waals surface area contributed by atoms with Crippen LogP contribution in [-0.4, -0.2) is 36.4 Å². The lowest BCUT2D eigenvalue weighted by Gasteiger charge is -2.21. The van der Waals surface area contributed by atoms with Crippen molar-refractivity contribution in [2.24, 2.45) is 5.92 Å². The van der Waals surface area contributed by atoms with Crippen molar-refractivity contribution in [2.45, 2.75) is 6.42 Å². The lowest BCUT2D eigenvalue weighted by atomic mass is 10.1. The Bertz CT molecular complexity index is 433. The summed E-state index contributed by atoms with van der Waals surface area (Å²) in [5.41, 5.74) is 0.747. The molecule has 92 valence electrons. The van der Waals surface area contributed by atoms with E-state index < -0.39 is 5.97 Å². The number of carboxylic acid groups (broad SMARTS) is 1. The lowest BCUT2D eigenvalue weighted by Crippen LogP contribution is -2.23. The van der Waals surface area contributed by atoms with Crippen molar-refractivity contribution in [2.75, 3.05) is 25.1 Å². The first kappa shape index (κ1) is 11.6. The van der Waals surface area contributed by atoms with E-state index in [-0.39, 0.29) is 11.7 Å². The first-order valence-corrected chi connectivity index (χ1v) is 5.47. The fraction of sp³-hybridized carbons (Fsp3) is 0.417. The molecule has 1 aliphatic rings. The molecule has 0 radical (unpaired) electrons. The Kier molecular flexibility index (Phi) is 3.08. The molecule has 1 atom stereocenters. The number of para-hydroxylation sites is 1. The maximum Gasteiger partial charge on any atom is 0.308 e. The van der Waals surface area contributed by atoms with Gasteiger partial charge in [-0.2, -0.15) is 0 Å². The SMILES string of the molecule is COc1c(O)cccc1N1CCC(C(=O)O)C1. The van der Waals surface area contributed by atoms with Gasteiger partial charge in [-0.25, -0.2) is 0 Å². The number of carboxylic acids is 1. The van der Waals surface area contributed by atoms with Crippen LogP contribution in [0.3, 0.4) is 0 Å². The quantitative estimate of drug-likeness (QED) is 0.829. The number of aromatic hydroxyl groups is 1. The summed E-state index contributed by atoms with van der Waals surface area (Å²) < 4.78 is 5.15. The number of phenols is 1. The maximum atomic E-state index is 10.9. The van der Waals surface area contributed by atoms with Crippen molar-refractivity contribution in [1.82, 2.24) is 0 Å². The van der Waals surface area contributed by atoms with Gasteiger partial charge in [0.05, 0.1) is 18.7 Å². The van der Waals surface area contributed by atoms with Crippen LogP contribution in [0.25, 0.3) is 0 Å². The van der Waals surface area contributed by atoms with Crippen LogP contribution in [0.1, 0.15) is 6.42 Å². The summed E-state index contributed by atoms with van der Waals surface area (Å²) in [5, 5.41) is 18.6. The zero-order valence-electron chi connectivity index (χ0n) is 9.59. The van der Waals surface area contributed by atoms with E-state index in [1.807, 2.05) is 11.0 Å². The summed E-state index contributed by atoms with van der Waals surface area (Å²) in [6.45, 7) is 1.12. The molecule has 1 unspecified atom stereocenters. The Labute approximate surface area is 99.2 Å². The number of hydrogen-bond donors (Lipinski definition) is 2. The molecule has 0 aliphatic carbocycles. The minimum atomic E-state index is -0.772. The Morgan fingerprint density at radius 1 is 1.53 bits per heavy atom. The van der Waals surface area contributed by atoms with Crippen LogP contribution in [0.5, 0.6) is 11.5 Å². The number of hydrogen-bond acceptors (Lipinski definition) is 4. The first-order valence-electron chi connectivity index (χ1n) is 5.47. The Hall–Kier alpha value is -1.91. The average molecular weight is 237 g/mol. The molecule has 0 amide bonds. The highest BCUT2D eigenvalue weighted by Crippen LogP contribution is 2.38.